The average Bonchev–Trinajstić information content (AvgIpc) is 2.84. The number of carbonyl (C=O) groups excluding carboxylic acids is 1. The summed E-state index contributed by atoms with van der Waals surface area (Å²) < 4.78 is 38.8. The lowest BCUT2D eigenvalue weighted by molar-refractivity contribution is -0.121. The van der Waals surface area contributed by atoms with E-state index in [1.807, 2.05) is 6.92 Å². The van der Waals surface area contributed by atoms with E-state index in [1.165, 1.54) is 34.8 Å². The summed E-state index contributed by atoms with van der Waals surface area (Å²) in [7, 11) is -2.33. The number of hydrogen-bond acceptors (Lipinski definition) is 6. The Bertz CT molecular complexity index is 1100. The van der Waals surface area contributed by atoms with Crippen LogP contribution in [-0.4, -0.2) is 51.1 Å². The van der Waals surface area contributed by atoms with Crippen molar-refractivity contribution in [1.82, 2.24) is 9.73 Å². The fourth-order valence-corrected chi connectivity index (χ4v) is 5.68. The van der Waals surface area contributed by atoms with Crippen LogP contribution >= 0.6 is 11.6 Å². The summed E-state index contributed by atoms with van der Waals surface area (Å²) in [5.41, 5.74) is 3.13. The van der Waals surface area contributed by atoms with Crippen LogP contribution in [0.25, 0.3) is 0 Å². The van der Waals surface area contributed by atoms with Gasteiger partial charge in [-0.1, -0.05) is 30.9 Å². The summed E-state index contributed by atoms with van der Waals surface area (Å²) in [6, 6.07) is 11.0. The van der Waals surface area contributed by atoms with Gasteiger partial charge in [-0.05, 0) is 67.8 Å². The molecule has 0 heterocycles. The molecule has 3 rings (SSSR count). The first-order chi connectivity index (χ1) is 16.3. The molecule has 1 aliphatic rings. The Morgan fingerprint density at radius 1 is 1.15 bits per heavy atom. The van der Waals surface area contributed by atoms with E-state index in [4.69, 9.17) is 21.1 Å². The van der Waals surface area contributed by atoms with Crippen LogP contribution in [0.3, 0.4) is 0 Å². The molecule has 8 nitrogen and oxygen atoms in total. The molecule has 2 aromatic rings. The number of benzene rings is 2. The number of ether oxygens (including phenoxy) is 2. The Balaban J connectivity index is 1.72. The number of hydrogen-bond donors (Lipinski definition) is 1. The van der Waals surface area contributed by atoms with Crippen LogP contribution in [0.1, 0.15) is 44.6 Å². The van der Waals surface area contributed by atoms with Gasteiger partial charge in [0.2, 0.25) is 10.0 Å². The number of amides is 1. The fraction of sp³-hybridized carbons (Fsp3) is 0.417. The Morgan fingerprint density at radius 2 is 1.85 bits per heavy atom. The van der Waals surface area contributed by atoms with Crippen LogP contribution in [0.15, 0.2) is 52.5 Å². The molecule has 0 aromatic heterocycles. The Hall–Kier alpha value is -2.62. The topological polar surface area (TPSA) is 97.3 Å². The molecule has 184 valence electrons. The SMILES string of the molecule is CCOc1ccc(/C=N\NC(=O)CN(C2CCCCC2)S(=O)(=O)c2ccc(Cl)cc2)cc1OC. The second-order valence-electron chi connectivity index (χ2n) is 7.93. The van der Waals surface area contributed by atoms with Crippen LogP contribution in [0.2, 0.25) is 5.02 Å². The standard InChI is InChI=1S/C24H30ClN3O5S/c1-3-33-22-14-9-18(15-23(22)32-2)16-26-27-24(29)17-28(20-7-5-4-6-8-20)34(30,31)21-12-10-19(25)11-13-21/h9-16,20H,3-8,17H2,1-2H3,(H,27,29)/b26-16-. The molecular weight excluding hydrogens is 478 g/mol. The van der Waals surface area contributed by atoms with E-state index >= 15 is 0 Å². The quantitative estimate of drug-likeness (QED) is 0.383. The van der Waals surface area contributed by atoms with E-state index in [0.717, 1.165) is 32.1 Å². The molecule has 0 atom stereocenters. The molecule has 1 fully saturated rings. The van der Waals surface area contributed by atoms with Crippen molar-refractivity contribution in [1.29, 1.82) is 0 Å². The van der Waals surface area contributed by atoms with Gasteiger partial charge in [0.1, 0.15) is 0 Å². The predicted molar refractivity (Wildman–Crippen MR) is 132 cm³/mol. The predicted octanol–water partition coefficient (Wildman–Crippen LogP) is 4.22. The van der Waals surface area contributed by atoms with Gasteiger partial charge in [-0.15, -0.1) is 0 Å². The minimum atomic E-state index is -3.88. The van der Waals surface area contributed by atoms with Crippen LogP contribution < -0.4 is 14.9 Å². The van der Waals surface area contributed by atoms with Crippen molar-refractivity contribution < 1.29 is 22.7 Å². The fourth-order valence-electron chi connectivity index (χ4n) is 3.92. The zero-order valence-corrected chi connectivity index (χ0v) is 20.9. The van der Waals surface area contributed by atoms with Gasteiger partial charge in [-0.3, -0.25) is 4.79 Å². The Kier molecular flexibility index (Phi) is 9.32. The van der Waals surface area contributed by atoms with Gasteiger partial charge >= 0.3 is 0 Å². The number of rotatable bonds is 10. The summed E-state index contributed by atoms with van der Waals surface area (Å²) in [5, 5.41) is 4.44. The lowest BCUT2D eigenvalue weighted by Crippen LogP contribution is -2.46. The first-order valence-corrected chi connectivity index (χ1v) is 13.1. The van der Waals surface area contributed by atoms with Crippen LogP contribution in [-0.2, 0) is 14.8 Å². The molecule has 10 heteroatoms. The van der Waals surface area contributed by atoms with Crippen LogP contribution in [0, 0.1) is 0 Å². The van der Waals surface area contributed by atoms with E-state index in [9.17, 15) is 13.2 Å². The zero-order valence-electron chi connectivity index (χ0n) is 19.4. The summed E-state index contributed by atoms with van der Waals surface area (Å²) in [6.07, 6.45) is 5.82. The maximum absolute atomic E-state index is 13.4. The van der Waals surface area contributed by atoms with Crippen molar-refractivity contribution in [2.75, 3.05) is 20.3 Å². The van der Waals surface area contributed by atoms with E-state index in [2.05, 4.69) is 10.5 Å². The largest absolute Gasteiger partial charge is 0.493 e. The van der Waals surface area contributed by atoms with Gasteiger partial charge in [-0.25, -0.2) is 13.8 Å². The monoisotopic (exact) mass is 507 g/mol. The third-order valence-electron chi connectivity index (χ3n) is 5.59. The van der Waals surface area contributed by atoms with E-state index in [1.54, 1.807) is 25.3 Å². The molecule has 0 aliphatic heterocycles. The molecular formula is C24H30ClN3O5S. The first-order valence-electron chi connectivity index (χ1n) is 11.2. The lowest BCUT2D eigenvalue weighted by atomic mass is 9.95. The van der Waals surface area contributed by atoms with Gasteiger partial charge < -0.3 is 9.47 Å². The zero-order chi connectivity index (χ0) is 24.6. The highest BCUT2D eigenvalue weighted by Crippen LogP contribution is 2.29. The third-order valence-corrected chi connectivity index (χ3v) is 7.76. The van der Waals surface area contributed by atoms with Gasteiger partial charge in [0.25, 0.3) is 5.91 Å². The molecule has 34 heavy (non-hydrogen) atoms. The molecule has 2 aromatic carbocycles. The maximum atomic E-state index is 13.4. The van der Waals surface area contributed by atoms with Crippen LogP contribution in [0.5, 0.6) is 11.5 Å². The van der Waals surface area contributed by atoms with Gasteiger partial charge in [0, 0.05) is 11.1 Å². The molecule has 0 spiro atoms. The van der Waals surface area contributed by atoms with Crippen molar-refractivity contribution in [3.05, 3.63) is 53.1 Å². The molecule has 1 N–H and O–H groups in total. The van der Waals surface area contributed by atoms with Gasteiger partial charge in [0.15, 0.2) is 11.5 Å². The summed E-state index contributed by atoms with van der Waals surface area (Å²) >= 11 is 5.92. The average molecular weight is 508 g/mol. The minimum Gasteiger partial charge on any atom is -0.493 e. The van der Waals surface area contributed by atoms with Gasteiger partial charge in [0.05, 0.1) is 31.4 Å². The number of methoxy groups -OCH3 is 1. The summed E-state index contributed by atoms with van der Waals surface area (Å²) in [6.45, 7) is 2.07. The highest BCUT2D eigenvalue weighted by atomic mass is 35.5. The Morgan fingerprint density at radius 3 is 2.50 bits per heavy atom. The second-order valence-corrected chi connectivity index (χ2v) is 10.3. The van der Waals surface area contributed by atoms with Gasteiger partial charge in [-0.2, -0.15) is 9.41 Å². The lowest BCUT2D eigenvalue weighted by Gasteiger charge is -2.32. The number of halogens is 1. The number of carbonyl (C=O) groups is 1. The van der Waals surface area contributed by atoms with Crippen molar-refractivity contribution in [3.8, 4) is 11.5 Å². The number of hydrazone groups is 1. The van der Waals surface area contributed by atoms with Crippen LogP contribution in [0.4, 0.5) is 0 Å². The number of nitrogens with one attached hydrogen (secondary N) is 1. The molecule has 0 bridgehead atoms. The molecule has 0 unspecified atom stereocenters. The van der Waals surface area contributed by atoms with E-state index in [0.29, 0.717) is 28.7 Å². The minimum absolute atomic E-state index is 0.111. The number of nitrogens with zero attached hydrogens (tertiary/aromatic N) is 2. The summed E-state index contributed by atoms with van der Waals surface area (Å²) in [5.74, 6) is 0.647. The Labute approximate surface area is 205 Å². The molecule has 1 amide bonds. The van der Waals surface area contributed by atoms with Crippen molar-refractivity contribution in [2.24, 2.45) is 5.10 Å². The van der Waals surface area contributed by atoms with Crippen molar-refractivity contribution in [3.63, 3.8) is 0 Å². The normalized spacial score (nSPS) is 14.9. The third kappa shape index (κ3) is 6.71. The molecule has 0 radical (unpaired) electrons. The molecule has 1 saturated carbocycles. The maximum Gasteiger partial charge on any atom is 0.255 e. The highest BCUT2D eigenvalue weighted by Gasteiger charge is 2.33. The smallest absolute Gasteiger partial charge is 0.255 e. The highest BCUT2D eigenvalue weighted by molar-refractivity contribution is 7.89. The molecule has 1 aliphatic carbocycles. The van der Waals surface area contributed by atoms with Crippen molar-refractivity contribution in [2.45, 2.75) is 50.0 Å². The van der Waals surface area contributed by atoms with E-state index < -0.39 is 15.9 Å². The second kappa shape index (κ2) is 12.2. The van der Waals surface area contributed by atoms with Crippen molar-refractivity contribution >= 4 is 33.7 Å². The summed E-state index contributed by atoms with van der Waals surface area (Å²) in [4.78, 5) is 12.8. The van der Waals surface area contributed by atoms with E-state index in [-0.39, 0.29) is 17.5 Å². The first kappa shape index (κ1) is 26.0. The number of sulfonamides is 1. The molecule has 0 saturated heterocycles.